The van der Waals surface area contributed by atoms with E-state index in [9.17, 15) is 9.90 Å². The quantitative estimate of drug-likeness (QED) is 0.417. The molecule has 0 spiro atoms. The maximum Gasteiger partial charge on any atom is 0.244 e. The number of carbonyl (C=O) groups excluding carboxylic acids is 1. The maximum atomic E-state index is 11.8. The van der Waals surface area contributed by atoms with Crippen molar-refractivity contribution in [3.8, 4) is 0 Å². The summed E-state index contributed by atoms with van der Waals surface area (Å²) < 4.78 is 5.13. The molecule has 0 aliphatic rings. The summed E-state index contributed by atoms with van der Waals surface area (Å²) in [5, 5.41) is 22.7. The second-order valence-electron chi connectivity index (χ2n) is 4.47. The van der Waals surface area contributed by atoms with Crippen LogP contribution in [0.3, 0.4) is 0 Å². The van der Waals surface area contributed by atoms with Crippen LogP contribution in [-0.4, -0.2) is 36.5 Å². The number of furan rings is 1. The number of allylic oxidation sites excluding steroid dienone is 1. The second kappa shape index (κ2) is 6.00. The second-order valence-corrected chi connectivity index (χ2v) is 4.47. The topological polar surface area (TPSA) is 118 Å². The van der Waals surface area contributed by atoms with Crippen molar-refractivity contribution in [3.63, 3.8) is 0 Å². The Labute approximate surface area is 124 Å². The third-order valence-electron chi connectivity index (χ3n) is 3.00. The number of hydrogen-bond donors (Lipinski definition) is 2. The van der Waals surface area contributed by atoms with Gasteiger partial charge >= 0.3 is 0 Å². The van der Waals surface area contributed by atoms with E-state index in [4.69, 9.17) is 4.42 Å². The van der Waals surface area contributed by atoms with Gasteiger partial charge < -0.3 is 9.52 Å². The van der Waals surface area contributed by atoms with E-state index >= 15 is 0 Å². The van der Waals surface area contributed by atoms with E-state index in [2.05, 4.69) is 25.6 Å². The van der Waals surface area contributed by atoms with Crippen LogP contribution < -0.4 is 0 Å². The van der Waals surface area contributed by atoms with Crippen LogP contribution in [0.25, 0.3) is 5.76 Å². The molecule has 0 aliphatic carbocycles. The lowest BCUT2D eigenvalue weighted by atomic mass is 10.0. The maximum absolute atomic E-state index is 11.8. The molecule has 0 bridgehead atoms. The smallest absolute Gasteiger partial charge is 0.244 e. The zero-order valence-electron chi connectivity index (χ0n) is 11.3. The first kappa shape index (κ1) is 13.7. The molecule has 0 radical (unpaired) electrons. The molecule has 0 aliphatic heterocycles. The number of ketones is 1. The highest BCUT2D eigenvalue weighted by atomic mass is 16.3. The summed E-state index contributed by atoms with van der Waals surface area (Å²) in [6, 6.07) is 3.73. The van der Waals surface area contributed by atoms with Crippen molar-refractivity contribution in [2.24, 2.45) is 0 Å². The van der Waals surface area contributed by atoms with E-state index in [-0.39, 0.29) is 11.6 Å². The molecule has 3 aromatic heterocycles. The fourth-order valence-corrected chi connectivity index (χ4v) is 1.94. The molecule has 0 unspecified atom stereocenters. The van der Waals surface area contributed by atoms with Gasteiger partial charge in [0.25, 0.3) is 0 Å². The minimum atomic E-state index is -0.553. The van der Waals surface area contributed by atoms with E-state index < -0.39 is 5.78 Å². The van der Waals surface area contributed by atoms with E-state index in [0.717, 1.165) is 17.2 Å². The molecular formula is C14H11N5O3. The molecule has 0 saturated heterocycles. The molecule has 0 atom stereocenters. The summed E-state index contributed by atoms with van der Waals surface area (Å²) in [7, 11) is 0. The number of pyridine rings is 1. The molecule has 3 heterocycles. The minimum absolute atomic E-state index is 0.120. The fraction of sp³-hybridized carbons (Fsp3) is 0.0714. The van der Waals surface area contributed by atoms with E-state index in [1.807, 2.05) is 12.1 Å². The highest BCUT2D eigenvalue weighted by Gasteiger charge is 2.14. The zero-order valence-corrected chi connectivity index (χ0v) is 11.3. The lowest BCUT2D eigenvalue weighted by molar-refractivity contribution is 0.103. The molecule has 0 fully saturated rings. The van der Waals surface area contributed by atoms with Gasteiger partial charge in [0.05, 0.1) is 11.8 Å². The van der Waals surface area contributed by atoms with Gasteiger partial charge in [-0.15, -0.1) is 10.2 Å². The Balaban J connectivity index is 1.83. The molecule has 3 aromatic rings. The van der Waals surface area contributed by atoms with Crippen molar-refractivity contribution < 1.29 is 14.3 Å². The van der Waals surface area contributed by atoms with E-state index in [1.54, 1.807) is 12.4 Å². The molecule has 0 saturated carbocycles. The number of H-pyrrole nitrogens is 1. The van der Waals surface area contributed by atoms with Gasteiger partial charge in [-0.1, -0.05) is 0 Å². The number of rotatable bonds is 5. The largest absolute Gasteiger partial charge is 0.507 e. The van der Waals surface area contributed by atoms with Crippen molar-refractivity contribution in [2.45, 2.75) is 6.42 Å². The zero-order chi connectivity index (χ0) is 15.4. The average Bonchev–Trinajstić information content (AvgIpc) is 3.19. The Kier molecular flexibility index (Phi) is 3.73. The van der Waals surface area contributed by atoms with Crippen LogP contribution in [-0.2, 0) is 6.42 Å². The number of aliphatic hydroxyl groups excluding tert-OH is 1. The van der Waals surface area contributed by atoms with Crippen LogP contribution in [0.4, 0.5) is 0 Å². The minimum Gasteiger partial charge on any atom is -0.507 e. The SMILES string of the molecule is O=C(C=C(O)c1cocc1Cc1ccncc1)c1nn[nH]n1. The average molecular weight is 297 g/mol. The molecule has 0 aromatic carbocycles. The number of aromatic nitrogens is 5. The summed E-state index contributed by atoms with van der Waals surface area (Å²) >= 11 is 0. The van der Waals surface area contributed by atoms with Crippen molar-refractivity contribution in [2.75, 3.05) is 0 Å². The number of hydrogen-bond acceptors (Lipinski definition) is 7. The predicted octanol–water partition coefficient (Wildman–Crippen LogP) is 1.56. The molecular weight excluding hydrogens is 286 g/mol. The number of aliphatic hydroxyl groups is 1. The number of nitrogens with zero attached hydrogens (tertiary/aromatic N) is 4. The van der Waals surface area contributed by atoms with Gasteiger partial charge in [-0.2, -0.15) is 5.21 Å². The summed E-state index contributed by atoms with van der Waals surface area (Å²) in [5.41, 5.74) is 2.20. The summed E-state index contributed by atoms with van der Waals surface area (Å²) in [6.45, 7) is 0. The molecule has 8 nitrogen and oxygen atoms in total. The molecule has 2 N–H and O–H groups in total. The van der Waals surface area contributed by atoms with Crippen LogP contribution in [0.2, 0.25) is 0 Å². The van der Waals surface area contributed by atoms with Gasteiger partial charge in [0.1, 0.15) is 12.0 Å². The van der Waals surface area contributed by atoms with Crippen LogP contribution in [0.1, 0.15) is 27.3 Å². The van der Waals surface area contributed by atoms with Gasteiger partial charge in [0.15, 0.2) is 0 Å². The Morgan fingerprint density at radius 3 is 2.86 bits per heavy atom. The molecule has 8 heteroatoms. The number of nitrogens with one attached hydrogen (secondary N) is 1. The molecule has 0 amide bonds. The van der Waals surface area contributed by atoms with Crippen molar-refractivity contribution in [1.29, 1.82) is 0 Å². The van der Waals surface area contributed by atoms with Crippen LogP contribution >= 0.6 is 0 Å². The Hall–Kier alpha value is -3.29. The summed E-state index contributed by atoms with van der Waals surface area (Å²) in [6.07, 6.45) is 7.86. The van der Waals surface area contributed by atoms with Crippen LogP contribution in [0.5, 0.6) is 0 Å². The van der Waals surface area contributed by atoms with Crippen molar-refractivity contribution in [1.82, 2.24) is 25.6 Å². The Bertz CT molecular complexity index is 793. The third-order valence-corrected chi connectivity index (χ3v) is 3.00. The molecule has 3 rings (SSSR count). The first-order valence-corrected chi connectivity index (χ1v) is 6.37. The molecule has 110 valence electrons. The number of carbonyl (C=O) groups is 1. The van der Waals surface area contributed by atoms with Crippen molar-refractivity contribution in [3.05, 3.63) is 65.6 Å². The highest BCUT2D eigenvalue weighted by Crippen LogP contribution is 2.21. The standard InChI is InChI=1S/C14H11N5O3/c20-12(6-13(21)14-16-18-19-17-14)11-8-22-7-10(11)5-9-1-3-15-4-2-9/h1-4,6-8,20H,5H2,(H,16,17,18,19). The van der Waals surface area contributed by atoms with E-state index in [0.29, 0.717) is 12.0 Å². The van der Waals surface area contributed by atoms with Gasteiger partial charge in [-0.3, -0.25) is 9.78 Å². The first-order chi connectivity index (χ1) is 10.7. The molecule has 22 heavy (non-hydrogen) atoms. The summed E-state index contributed by atoms with van der Waals surface area (Å²) in [5.74, 6) is -0.888. The van der Waals surface area contributed by atoms with Crippen molar-refractivity contribution >= 4 is 11.5 Å². The number of aromatic amines is 1. The predicted molar refractivity (Wildman–Crippen MR) is 74.9 cm³/mol. The van der Waals surface area contributed by atoms with Crippen LogP contribution in [0.15, 0.2) is 47.5 Å². The highest BCUT2D eigenvalue weighted by molar-refractivity contribution is 6.05. The van der Waals surface area contributed by atoms with Crippen LogP contribution in [0, 0.1) is 0 Å². The normalized spacial score (nSPS) is 11.5. The van der Waals surface area contributed by atoms with E-state index in [1.165, 1.54) is 12.5 Å². The first-order valence-electron chi connectivity index (χ1n) is 6.37. The monoisotopic (exact) mass is 297 g/mol. The number of tetrazole rings is 1. The lowest BCUT2D eigenvalue weighted by Gasteiger charge is -2.02. The Morgan fingerprint density at radius 1 is 1.32 bits per heavy atom. The Morgan fingerprint density at radius 2 is 2.14 bits per heavy atom. The third kappa shape index (κ3) is 2.90. The fourth-order valence-electron chi connectivity index (χ4n) is 1.94. The van der Waals surface area contributed by atoms with Gasteiger partial charge in [-0.25, -0.2) is 0 Å². The summed E-state index contributed by atoms with van der Waals surface area (Å²) in [4.78, 5) is 15.8. The van der Waals surface area contributed by atoms with Gasteiger partial charge in [0.2, 0.25) is 11.6 Å². The lowest BCUT2D eigenvalue weighted by Crippen LogP contribution is -2.00. The van der Waals surface area contributed by atoms with Gasteiger partial charge in [-0.05, 0) is 22.9 Å². The van der Waals surface area contributed by atoms with Gasteiger partial charge in [0, 0.05) is 30.5 Å².